The molecule has 92 valence electrons. The van der Waals surface area contributed by atoms with E-state index >= 15 is 0 Å². The van der Waals surface area contributed by atoms with Crippen LogP contribution in [0.1, 0.15) is 18.9 Å². The van der Waals surface area contributed by atoms with Gasteiger partial charge in [0, 0.05) is 6.54 Å². The molecule has 0 spiro atoms. The highest BCUT2D eigenvalue weighted by atomic mass is 16.6. The number of carbonyl (C=O) groups is 1. The molecule has 4 nitrogen and oxygen atoms in total. The summed E-state index contributed by atoms with van der Waals surface area (Å²) < 4.78 is 5.07. The highest BCUT2D eigenvalue weighted by Crippen LogP contribution is 2.18. The number of nitrogens with one attached hydrogen (secondary N) is 1. The molecule has 0 radical (unpaired) electrons. The summed E-state index contributed by atoms with van der Waals surface area (Å²) >= 11 is 0. The van der Waals surface area contributed by atoms with Crippen molar-refractivity contribution in [2.24, 2.45) is 0 Å². The molecule has 2 N–H and O–H groups in total. The van der Waals surface area contributed by atoms with Gasteiger partial charge in [-0.25, -0.2) is 0 Å². The van der Waals surface area contributed by atoms with E-state index in [9.17, 15) is 9.90 Å². The Bertz CT molecular complexity index is 378. The van der Waals surface area contributed by atoms with Crippen LogP contribution in [-0.2, 0) is 16.1 Å². The van der Waals surface area contributed by atoms with Crippen molar-refractivity contribution in [1.29, 1.82) is 0 Å². The molecule has 2 rings (SSSR count). The Balaban J connectivity index is 1.92. The highest BCUT2D eigenvalue weighted by Gasteiger charge is 2.37. The number of rotatable bonds is 4. The number of benzene rings is 1. The lowest BCUT2D eigenvalue weighted by atomic mass is 10.1. The van der Waals surface area contributed by atoms with E-state index in [1.54, 1.807) is 6.92 Å². The molecule has 0 unspecified atom stereocenters. The van der Waals surface area contributed by atoms with Crippen LogP contribution in [0.3, 0.4) is 0 Å². The maximum Gasteiger partial charge on any atom is 0.307 e. The average molecular weight is 235 g/mol. The van der Waals surface area contributed by atoms with Crippen LogP contribution in [0.25, 0.3) is 0 Å². The zero-order valence-electron chi connectivity index (χ0n) is 9.80. The van der Waals surface area contributed by atoms with Crippen LogP contribution < -0.4 is 5.32 Å². The van der Waals surface area contributed by atoms with Crippen molar-refractivity contribution in [2.45, 2.75) is 38.1 Å². The third-order valence-electron chi connectivity index (χ3n) is 2.94. The van der Waals surface area contributed by atoms with Gasteiger partial charge in [-0.2, -0.15) is 0 Å². The van der Waals surface area contributed by atoms with Crippen molar-refractivity contribution in [1.82, 2.24) is 5.32 Å². The molecule has 1 fully saturated rings. The molecule has 4 heteroatoms. The highest BCUT2D eigenvalue weighted by molar-refractivity contribution is 5.72. The Morgan fingerprint density at radius 1 is 1.47 bits per heavy atom. The third-order valence-corrected chi connectivity index (χ3v) is 2.94. The Labute approximate surface area is 101 Å². The minimum Gasteiger partial charge on any atom is -0.458 e. The van der Waals surface area contributed by atoms with Crippen molar-refractivity contribution in [3.05, 3.63) is 35.9 Å². The summed E-state index contributed by atoms with van der Waals surface area (Å²) in [6.45, 7) is 2.31. The maximum atomic E-state index is 11.2. The van der Waals surface area contributed by atoms with Gasteiger partial charge in [0.15, 0.2) is 0 Å². The maximum absolute atomic E-state index is 11.2. The Hall–Kier alpha value is -1.39. The van der Waals surface area contributed by atoms with Crippen LogP contribution in [0.2, 0.25) is 0 Å². The summed E-state index contributed by atoms with van der Waals surface area (Å²) in [4.78, 5) is 11.2. The quantitative estimate of drug-likeness (QED) is 0.759. The van der Waals surface area contributed by atoms with Crippen molar-refractivity contribution in [2.75, 3.05) is 0 Å². The molecule has 1 aromatic rings. The van der Waals surface area contributed by atoms with Crippen LogP contribution in [0.4, 0.5) is 0 Å². The minimum absolute atomic E-state index is 0.109. The van der Waals surface area contributed by atoms with Crippen molar-refractivity contribution < 1.29 is 14.6 Å². The summed E-state index contributed by atoms with van der Waals surface area (Å²) in [5.41, 5.74) is 1.15. The molecular weight excluding hydrogens is 218 g/mol. The standard InChI is InChI=1S/C13H17NO3/c1-9(15)13-11(7-12(16)17-13)14-8-10-5-3-2-4-6-10/h2-6,9,11,13-15H,7-8H2,1H3/t9-,11-,13-/m1/s1. The first kappa shape index (κ1) is 12.1. The molecular formula is C13H17NO3. The fourth-order valence-electron chi connectivity index (χ4n) is 2.05. The van der Waals surface area contributed by atoms with Crippen LogP contribution >= 0.6 is 0 Å². The molecule has 0 amide bonds. The molecule has 1 aromatic carbocycles. The summed E-state index contributed by atoms with van der Waals surface area (Å²) in [5, 5.41) is 12.8. The minimum atomic E-state index is -0.644. The first-order valence-corrected chi connectivity index (χ1v) is 5.81. The van der Waals surface area contributed by atoms with Crippen molar-refractivity contribution in [3.8, 4) is 0 Å². The normalized spacial score (nSPS) is 25.6. The second kappa shape index (κ2) is 5.29. The second-order valence-corrected chi connectivity index (χ2v) is 4.37. The number of hydrogen-bond donors (Lipinski definition) is 2. The number of cyclic esters (lactones) is 1. The van der Waals surface area contributed by atoms with Crippen molar-refractivity contribution >= 4 is 5.97 Å². The Kier molecular flexibility index (Phi) is 3.76. The van der Waals surface area contributed by atoms with Crippen LogP contribution in [0, 0.1) is 0 Å². The Morgan fingerprint density at radius 2 is 2.18 bits per heavy atom. The monoisotopic (exact) mass is 235 g/mol. The fourth-order valence-corrected chi connectivity index (χ4v) is 2.05. The SMILES string of the molecule is C[C@@H](O)[C@H]1OC(=O)C[C@H]1NCc1ccccc1. The van der Waals surface area contributed by atoms with E-state index in [0.717, 1.165) is 5.56 Å². The largest absolute Gasteiger partial charge is 0.458 e. The van der Waals surface area contributed by atoms with Gasteiger partial charge < -0.3 is 15.2 Å². The lowest BCUT2D eigenvalue weighted by Crippen LogP contribution is -2.41. The van der Waals surface area contributed by atoms with E-state index < -0.39 is 12.2 Å². The number of aliphatic hydroxyl groups excluding tert-OH is 1. The summed E-state index contributed by atoms with van der Waals surface area (Å²) in [6.07, 6.45) is -0.761. The van der Waals surface area contributed by atoms with E-state index in [0.29, 0.717) is 13.0 Å². The van der Waals surface area contributed by atoms with Gasteiger partial charge in [0.25, 0.3) is 0 Å². The molecule has 0 saturated carbocycles. The molecule has 1 heterocycles. The Morgan fingerprint density at radius 3 is 2.82 bits per heavy atom. The number of esters is 1. The second-order valence-electron chi connectivity index (χ2n) is 4.37. The van der Waals surface area contributed by atoms with E-state index in [1.807, 2.05) is 30.3 Å². The van der Waals surface area contributed by atoms with Gasteiger partial charge >= 0.3 is 5.97 Å². The topological polar surface area (TPSA) is 58.6 Å². The van der Waals surface area contributed by atoms with E-state index in [1.165, 1.54) is 0 Å². The molecule has 17 heavy (non-hydrogen) atoms. The summed E-state index contributed by atoms with van der Waals surface area (Å²) in [7, 11) is 0. The molecule has 1 aliphatic rings. The summed E-state index contributed by atoms with van der Waals surface area (Å²) in [5.74, 6) is -0.249. The van der Waals surface area contributed by atoms with Gasteiger partial charge in [-0.1, -0.05) is 30.3 Å². The van der Waals surface area contributed by atoms with Crippen LogP contribution in [-0.4, -0.2) is 29.3 Å². The smallest absolute Gasteiger partial charge is 0.307 e. The third kappa shape index (κ3) is 3.05. The van der Waals surface area contributed by atoms with Gasteiger partial charge in [-0.3, -0.25) is 4.79 Å². The molecule has 0 aromatic heterocycles. The first-order valence-electron chi connectivity index (χ1n) is 5.81. The van der Waals surface area contributed by atoms with Gasteiger partial charge in [0.1, 0.15) is 6.10 Å². The molecule has 0 bridgehead atoms. The van der Waals surface area contributed by atoms with E-state index in [2.05, 4.69) is 5.32 Å². The fraction of sp³-hybridized carbons (Fsp3) is 0.462. The number of hydrogen-bond acceptors (Lipinski definition) is 4. The molecule has 1 saturated heterocycles. The van der Waals surface area contributed by atoms with E-state index in [4.69, 9.17) is 4.74 Å². The van der Waals surface area contributed by atoms with Crippen LogP contribution in [0.5, 0.6) is 0 Å². The van der Waals surface area contributed by atoms with Crippen molar-refractivity contribution in [3.63, 3.8) is 0 Å². The zero-order valence-corrected chi connectivity index (χ0v) is 9.80. The lowest BCUT2D eigenvalue weighted by molar-refractivity contribution is -0.145. The van der Waals surface area contributed by atoms with Crippen LogP contribution in [0.15, 0.2) is 30.3 Å². The van der Waals surface area contributed by atoms with Gasteiger partial charge in [-0.15, -0.1) is 0 Å². The predicted octanol–water partition coefficient (Wildman–Crippen LogP) is 0.841. The molecule has 3 atom stereocenters. The number of carbonyl (C=O) groups excluding carboxylic acids is 1. The zero-order chi connectivity index (χ0) is 12.3. The van der Waals surface area contributed by atoms with Gasteiger partial charge in [0.05, 0.1) is 18.6 Å². The predicted molar refractivity (Wildman–Crippen MR) is 63.2 cm³/mol. The first-order chi connectivity index (χ1) is 8.16. The van der Waals surface area contributed by atoms with Gasteiger partial charge in [-0.05, 0) is 12.5 Å². The van der Waals surface area contributed by atoms with Gasteiger partial charge in [0.2, 0.25) is 0 Å². The molecule has 0 aliphatic carbocycles. The number of ether oxygens (including phenoxy) is 1. The lowest BCUT2D eigenvalue weighted by Gasteiger charge is -2.21. The van der Waals surface area contributed by atoms with E-state index in [-0.39, 0.29) is 12.0 Å². The molecule has 1 aliphatic heterocycles. The number of aliphatic hydroxyl groups is 1. The average Bonchev–Trinajstić information content (AvgIpc) is 2.69. The summed E-state index contributed by atoms with van der Waals surface area (Å²) in [6, 6.07) is 9.83.